The Balaban J connectivity index is 2.66. The van der Waals surface area contributed by atoms with Crippen molar-refractivity contribution in [2.75, 3.05) is 0 Å². The van der Waals surface area contributed by atoms with Gasteiger partial charge in [-0.3, -0.25) is 4.79 Å². The second kappa shape index (κ2) is 6.41. The average molecular weight is 338 g/mol. The lowest BCUT2D eigenvalue weighted by atomic mass is 10.1. The normalized spacial score (nSPS) is 13.4. The summed E-state index contributed by atoms with van der Waals surface area (Å²) in [5.74, 6) is -0.117. The fourth-order valence-electron chi connectivity index (χ4n) is 1.45. The Kier molecular flexibility index (Phi) is 5.40. The van der Waals surface area contributed by atoms with Gasteiger partial charge in [0.15, 0.2) is 0 Å². The number of carbonyl (C=O) groups is 1. The van der Waals surface area contributed by atoms with E-state index in [-0.39, 0.29) is 23.2 Å². The fraction of sp³-hybridized carbons (Fsp3) is 0.462. The molecule has 0 aromatic heterocycles. The average Bonchev–Trinajstić information content (AvgIpc) is 2.34. The number of hydrogen-bond acceptors (Lipinski definition) is 1. The summed E-state index contributed by atoms with van der Waals surface area (Å²) in [6, 6.07) is 4.93. The molecule has 0 fully saturated rings. The first kappa shape index (κ1) is 16.0. The van der Waals surface area contributed by atoms with Crippen LogP contribution in [0.1, 0.15) is 25.0 Å². The van der Waals surface area contributed by atoms with E-state index in [4.69, 9.17) is 0 Å². The van der Waals surface area contributed by atoms with E-state index in [0.29, 0.717) is 5.56 Å². The third-order valence-corrected chi connectivity index (χ3v) is 4.03. The lowest BCUT2D eigenvalue weighted by Gasteiger charge is -2.14. The molecule has 1 atom stereocenters. The molecular weight excluding hydrogens is 323 g/mol. The molecular formula is C13H15BrF3NO. The molecule has 1 unspecified atom stereocenters. The van der Waals surface area contributed by atoms with Gasteiger partial charge in [-0.2, -0.15) is 13.2 Å². The summed E-state index contributed by atoms with van der Waals surface area (Å²) in [6.07, 6.45) is -4.37. The van der Waals surface area contributed by atoms with Crippen molar-refractivity contribution in [1.29, 1.82) is 0 Å². The maximum Gasteiger partial charge on any atom is 0.416 e. The van der Waals surface area contributed by atoms with Crippen LogP contribution < -0.4 is 5.32 Å². The van der Waals surface area contributed by atoms with Crippen LogP contribution in [0.5, 0.6) is 0 Å². The van der Waals surface area contributed by atoms with Crippen molar-refractivity contribution < 1.29 is 18.0 Å². The van der Waals surface area contributed by atoms with E-state index < -0.39 is 11.7 Å². The van der Waals surface area contributed by atoms with Gasteiger partial charge in [-0.05, 0) is 23.6 Å². The lowest BCUT2D eigenvalue weighted by Crippen LogP contribution is -2.33. The van der Waals surface area contributed by atoms with Gasteiger partial charge in [0.1, 0.15) is 0 Å². The fourth-order valence-corrected chi connectivity index (χ4v) is 1.61. The molecule has 6 heteroatoms. The number of rotatable bonds is 4. The van der Waals surface area contributed by atoms with Crippen LogP contribution in [0, 0.1) is 5.92 Å². The van der Waals surface area contributed by atoms with Gasteiger partial charge in [0.2, 0.25) is 5.91 Å². The molecule has 0 heterocycles. The minimum Gasteiger partial charge on any atom is -0.351 e. The second-order valence-corrected chi connectivity index (χ2v) is 5.55. The van der Waals surface area contributed by atoms with E-state index in [2.05, 4.69) is 21.2 Å². The minimum atomic E-state index is -4.37. The lowest BCUT2D eigenvalue weighted by molar-refractivity contribution is -0.137. The summed E-state index contributed by atoms with van der Waals surface area (Å²) in [4.78, 5) is 11.3. The van der Waals surface area contributed by atoms with Crippen molar-refractivity contribution in [3.63, 3.8) is 0 Å². The third kappa shape index (κ3) is 4.86. The van der Waals surface area contributed by atoms with Gasteiger partial charge in [0.25, 0.3) is 0 Å². The monoisotopic (exact) mass is 337 g/mol. The van der Waals surface area contributed by atoms with Crippen LogP contribution in [0.2, 0.25) is 0 Å². The highest BCUT2D eigenvalue weighted by Gasteiger charge is 2.30. The number of nitrogens with one attached hydrogen (secondary N) is 1. The standard InChI is InChI=1S/C13H15BrF3NO/c1-8(2)11(14)12(19)18-7-9-4-3-5-10(6-9)13(15,16)17/h3-6,8,11H,7H2,1-2H3,(H,18,19). The number of benzene rings is 1. The minimum absolute atomic E-state index is 0.0809. The van der Waals surface area contributed by atoms with E-state index in [1.54, 1.807) is 6.07 Å². The highest BCUT2D eigenvalue weighted by molar-refractivity contribution is 9.10. The van der Waals surface area contributed by atoms with E-state index in [9.17, 15) is 18.0 Å². The molecule has 0 bridgehead atoms. The Morgan fingerprint density at radius 3 is 2.53 bits per heavy atom. The molecule has 0 radical (unpaired) electrons. The zero-order chi connectivity index (χ0) is 14.6. The Bertz CT molecular complexity index is 446. The summed E-state index contributed by atoms with van der Waals surface area (Å²) in [7, 11) is 0. The van der Waals surface area contributed by atoms with Crippen LogP contribution in [0.4, 0.5) is 13.2 Å². The van der Waals surface area contributed by atoms with Crippen molar-refractivity contribution >= 4 is 21.8 Å². The number of carbonyl (C=O) groups excluding carboxylic acids is 1. The van der Waals surface area contributed by atoms with Gasteiger partial charge in [-0.15, -0.1) is 0 Å². The molecule has 106 valence electrons. The topological polar surface area (TPSA) is 29.1 Å². The van der Waals surface area contributed by atoms with Gasteiger partial charge in [-0.25, -0.2) is 0 Å². The van der Waals surface area contributed by atoms with Gasteiger partial charge in [0.05, 0.1) is 10.4 Å². The first-order chi connectivity index (χ1) is 8.71. The summed E-state index contributed by atoms with van der Waals surface area (Å²) >= 11 is 3.24. The molecule has 1 amide bonds. The number of halogens is 4. The summed E-state index contributed by atoms with van der Waals surface area (Å²) in [5.41, 5.74) is -0.287. The van der Waals surface area contributed by atoms with Crippen LogP contribution in [0.25, 0.3) is 0 Å². The first-order valence-corrected chi connectivity index (χ1v) is 6.71. The number of hydrogen-bond donors (Lipinski definition) is 1. The zero-order valence-electron chi connectivity index (χ0n) is 10.6. The van der Waals surface area contributed by atoms with E-state index in [1.165, 1.54) is 6.07 Å². The number of alkyl halides is 4. The molecule has 0 saturated carbocycles. The van der Waals surface area contributed by atoms with Crippen molar-refractivity contribution in [3.8, 4) is 0 Å². The second-order valence-electron chi connectivity index (χ2n) is 4.56. The predicted molar refractivity (Wildman–Crippen MR) is 70.8 cm³/mol. The van der Waals surface area contributed by atoms with Crippen LogP contribution in [-0.2, 0) is 17.5 Å². The SMILES string of the molecule is CC(C)C(Br)C(=O)NCc1cccc(C(F)(F)F)c1. The van der Waals surface area contributed by atoms with E-state index in [1.807, 2.05) is 13.8 Å². The molecule has 1 aromatic rings. The Hall–Kier alpha value is -1.04. The smallest absolute Gasteiger partial charge is 0.351 e. The molecule has 0 aliphatic heterocycles. The molecule has 2 nitrogen and oxygen atoms in total. The molecule has 0 aliphatic carbocycles. The van der Waals surface area contributed by atoms with Crippen molar-refractivity contribution in [2.45, 2.75) is 31.4 Å². The van der Waals surface area contributed by atoms with Gasteiger partial charge >= 0.3 is 6.18 Å². The molecule has 19 heavy (non-hydrogen) atoms. The quantitative estimate of drug-likeness (QED) is 0.833. The maximum absolute atomic E-state index is 12.5. The van der Waals surface area contributed by atoms with Gasteiger partial charge in [-0.1, -0.05) is 41.9 Å². The summed E-state index contributed by atoms with van der Waals surface area (Å²) < 4.78 is 37.5. The van der Waals surface area contributed by atoms with Crippen molar-refractivity contribution in [3.05, 3.63) is 35.4 Å². The Morgan fingerprint density at radius 2 is 2.00 bits per heavy atom. The highest BCUT2D eigenvalue weighted by atomic mass is 79.9. The molecule has 1 N–H and O–H groups in total. The Labute approximate surface area is 118 Å². The zero-order valence-corrected chi connectivity index (χ0v) is 12.2. The Morgan fingerprint density at radius 1 is 1.37 bits per heavy atom. The van der Waals surface area contributed by atoms with Crippen molar-refractivity contribution in [2.24, 2.45) is 5.92 Å². The highest BCUT2D eigenvalue weighted by Crippen LogP contribution is 2.29. The van der Waals surface area contributed by atoms with Crippen LogP contribution in [-0.4, -0.2) is 10.7 Å². The van der Waals surface area contributed by atoms with Crippen LogP contribution >= 0.6 is 15.9 Å². The van der Waals surface area contributed by atoms with Crippen LogP contribution in [0.15, 0.2) is 24.3 Å². The third-order valence-electron chi connectivity index (χ3n) is 2.56. The molecule has 0 spiro atoms. The summed E-state index contributed by atoms with van der Waals surface area (Å²) in [6.45, 7) is 3.84. The first-order valence-electron chi connectivity index (χ1n) is 5.79. The molecule has 1 aromatic carbocycles. The largest absolute Gasteiger partial charge is 0.416 e. The van der Waals surface area contributed by atoms with E-state index >= 15 is 0 Å². The van der Waals surface area contributed by atoms with E-state index in [0.717, 1.165) is 12.1 Å². The molecule has 0 aliphatic rings. The predicted octanol–water partition coefficient (Wildman–Crippen LogP) is 3.74. The number of amides is 1. The molecule has 0 saturated heterocycles. The van der Waals surface area contributed by atoms with Crippen molar-refractivity contribution in [1.82, 2.24) is 5.32 Å². The molecule has 1 rings (SSSR count). The van der Waals surface area contributed by atoms with Gasteiger partial charge < -0.3 is 5.32 Å². The van der Waals surface area contributed by atoms with Crippen LogP contribution in [0.3, 0.4) is 0 Å². The maximum atomic E-state index is 12.5. The summed E-state index contributed by atoms with van der Waals surface area (Å²) in [5, 5.41) is 2.61. The van der Waals surface area contributed by atoms with Gasteiger partial charge in [0, 0.05) is 6.54 Å².